The summed E-state index contributed by atoms with van der Waals surface area (Å²) in [6.45, 7) is 4.97. The fraction of sp³-hybridized carbons (Fsp3) is 0.304. The molecule has 1 atom stereocenters. The molecule has 152 valence electrons. The van der Waals surface area contributed by atoms with Crippen LogP contribution in [-0.2, 0) is 24.2 Å². The van der Waals surface area contributed by atoms with Crippen LogP contribution in [0.3, 0.4) is 0 Å². The summed E-state index contributed by atoms with van der Waals surface area (Å²) < 4.78 is 0. The van der Waals surface area contributed by atoms with E-state index in [1.165, 1.54) is 0 Å². The molecule has 0 fully saturated rings. The lowest BCUT2D eigenvalue weighted by Gasteiger charge is -2.31. The van der Waals surface area contributed by atoms with Crippen LogP contribution >= 0.6 is 0 Å². The van der Waals surface area contributed by atoms with E-state index in [9.17, 15) is 14.7 Å². The molecule has 6 heteroatoms. The molecule has 29 heavy (non-hydrogen) atoms. The molecule has 1 aliphatic heterocycles. The number of aromatic nitrogens is 1. The molecule has 0 saturated carbocycles. The topological polar surface area (TPSA) is 99.4 Å². The molecule has 3 aromatic rings. The Balaban J connectivity index is 0.00000117. The number of carbonyl (C=O) groups is 1. The van der Waals surface area contributed by atoms with Crippen LogP contribution in [0.1, 0.15) is 30.7 Å². The van der Waals surface area contributed by atoms with Gasteiger partial charge in [0.15, 0.2) is 0 Å². The lowest BCUT2D eigenvalue weighted by atomic mass is 9.97. The average Bonchev–Trinajstić information content (AvgIpc) is 2.76. The molecule has 4 N–H and O–H groups in total. The third-order valence-electron chi connectivity index (χ3n) is 5.13. The largest absolute Gasteiger partial charge is 0.508 e. The second kappa shape index (κ2) is 8.92. The van der Waals surface area contributed by atoms with Gasteiger partial charge < -0.3 is 20.7 Å². The molecular formula is C23H27N3O3. The molecule has 0 radical (unpaired) electrons. The summed E-state index contributed by atoms with van der Waals surface area (Å²) in [5, 5.41) is 10.9. The van der Waals surface area contributed by atoms with Crippen molar-refractivity contribution in [2.45, 2.75) is 39.3 Å². The van der Waals surface area contributed by atoms with E-state index in [2.05, 4.69) is 4.98 Å². The zero-order valence-corrected chi connectivity index (χ0v) is 16.8. The summed E-state index contributed by atoms with van der Waals surface area (Å²) in [7, 11) is 0. The van der Waals surface area contributed by atoms with Crippen LogP contribution in [0.2, 0.25) is 0 Å². The Hall–Kier alpha value is -3.12. The minimum atomic E-state index is -0.648. The van der Waals surface area contributed by atoms with E-state index >= 15 is 0 Å². The lowest BCUT2D eigenvalue weighted by Crippen LogP contribution is -2.47. The molecule has 0 bridgehead atoms. The number of pyridine rings is 1. The highest BCUT2D eigenvalue weighted by Gasteiger charge is 2.27. The number of fused-ring (bicyclic) bond motifs is 3. The minimum Gasteiger partial charge on any atom is -0.508 e. The van der Waals surface area contributed by atoms with Gasteiger partial charge in [-0.3, -0.25) is 9.59 Å². The number of aromatic hydroxyl groups is 1. The molecule has 0 saturated heterocycles. The molecule has 1 unspecified atom stereocenters. The smallest absolute Gasteiger partial charge is 0.256 e. The Kier molecular flexibility index (Phi) is 6.34. The number of amides is 1. The summed E-state index contributed by atoms with van der Waals surface area (Å²) >= 11 is 0. The number of phenolic OH excluding ortho intramolecular Hbond substituents is 1. The zero-order chi connectivity index (χ0) is 21.0. The van der Waals surface area contributed by atoms with Gasteiger partial charge in [-0.1, -0.05) is 44.2 Å². The van der Waals surface area contributed by atoms with Crippen molar-refractivity contribution in [2.75, 3.05) is 6.54 Å². The van der Waals surface area contributed by atoms with Crippen molar-refractivity contribution in [1.29, 1.82) is 0 Å². The predicted octanol–water partition coefficient (Wildman–Crippen LogP) is 2.71. The first kappa shape index (κ1) is 20.6. The summed E-state index contributed by atoms with van der Waals surface area (Å²) in [5.74, 6) is 0.0798. The molecule has 1 aromatic heterocycles. The van der Waals surface area contributed by atoms with Gasteiger partial charge in [0.25, 0.3) is 5.56 Å². The van der Waals surface area contributed by atoms with Gasteiger partial charge in [-0.2, -0.15) is 0 Å². The maximum atomic E-state index is 12.9. The lowest BCUT2D eigenvalue weighted by molar-refractivity contribution is -0.133. The Labute approximate surface area is 170 Å². The number of nitrogens with one attached hydrogen (secondary N) is 1. The highest BCUT2D eigenvalue weighted by Crippen LogP contribution is 2.24. The Bertz CT molecular complexity index is 1060. The van der Waals surface area contributed by atoms with Gasteiger partial charge in [-0.05, 0) is 41.1 Å². The Morgan fingerprint density at radius 2 is 1.79 bits per heavy atom. The molecule has 2 aromatic carbocycles. The second-order valence-electron chi connectivity index (χ2n) is 6.94. The van der Waals surface area contributed by atoms with Crippen molar-refractivity contribution in [3.63, 3.8) is 0 Å². The third-order valence-corrected chi connectivity index (χ3v) is 5.13. The van der Waals surface area contributed by atoms with E-state index in [-0.39, 0.29) is 17.2 Å². The fourth-order valence-corrected chi connectivity index (χ4v) is 3.69. The average molecular weight is 393 g/mol. The van der Waals surface area contributed by atoms with Gasteiger partial charge in [-0.25, -0.2) is 0 Å². The van der Waals surface area contributed by atoms with Crippen molar-refractivity contribution >= 4 is 16.7 Å². The van der Waals surface area contributed by atoms with E-state index in [0.717, 1.165) is 22.2 Å². The van der Waals surface area contributed by atoms with Crippen molar-refractivity contribution in [1.82, 2.24) is 9.88 Å². The summed E-state index contributed by atoms with van der Waals surface area (Å²) in [4.78, 5) is 29.8. The van der Waals surface area contributed by atoms with Crippen molar-refractivity contribution in [2.24, 2.45) is 5.73 Å². The number of carbonyl (C=O) groups excluding carboxylic acids is 1. The Morgan fingerprint density at radius 1 is 1.14 bits per heavy atom. The van der Waals surface area contributed by atoms with Gasteiger partial charge >= 0.3 is 0 Å². The first-order valence-corrected chi connectivity index (χ1v) is 9.98. The van der Waals surface area contributed by atoms with E-state index in [0.29, 0.717) is 31.3 Å². The van der Waals surface area contributed by atoms with Crippen molar-refractivity contribution < 1.29 is 9.90 Å². The van der Waals surface area contributed by atoms with Gasteiger partial charge in [0.2, 0.25) is 5.91 Å². The summed E-state index contributed by atoms with van der Waals surface area (Å²) in [6, 6.07) is 13.5. The molecule has 0 aliphatic carbocycles. The van der Waals surface area contributed by atoms with Crippen LogP contribution < -0.4 is 11.3 Å². The second-order valence-corrected chi connectivity index (χ2v) is 6.94. The maximum Gasteiger partial charge on any atom is 0.256 e. The van der Waals surface area contributed by atoms with E-state index < -0.39 is 6.04 Å². The SMILES string of the molecule is CC.NC(Cc1ccc(O)cc1)C(=O)N1CCc2[nH]c(=O)c3ccccc3c2C1. The van der Waals surface area contributed by atoms with E-state index in [4.69, 9.17) is 5.73 Å². The number of hydrogen-bond acceptors (Lipinski definition) is 4. The van der Waals surface area contributed by atoms with Crippen LogP contribution in [0.15, 0.2) is 53.3 Å². The van der Waals surface area contributed by atoms with Crippen LogP contribution in [0, 0.1) is 0 Å². The zero-order valence-electron chi connectivity index (χ0n) is 16.8. The minimum absolute atomic E-state index is 0.0897. The molecule has 1 amide bonds. The Morgan fingerprint density at radius 3 is 2.48 bits per heavy atom. The number of nitrogens with zero attached hydrogens (tertiary/aromatic N) is 1. The van der Waals surface area contributed by atoms with Crippen molar-refractivity contribution in [3.05, 3.63) is 75.7 Å². The van der Waals surface area contributed by atoms with Gasteiger partial charge in [0.05, 0.1) is 6.04 Å². The maximum absolute atomic E-state index is 12.9. The molecule has 0 spiro atoms. The number of H-pyrrole nitrogens is 1. The standard InChI is InChI=1S/C21H21N3O3.C2H6/c22-18(11-13-5-7-14(25)8-6-13)21(27)24-10-9-19-17(12-24)15-3-1-2-4-16(15)20(26)23-19;1-2/h1-8,18,25H,9-12,22H2,(H,23,26);1-2H3. The highest BCUT2D eigenvalue weighted by molar-refractivity contribution is 5.87. The first-order chi connectivity index (χ1) is 14.0. The molecule has 6 nitrogen and oxygen atoms in total. The van der Waals surface area contributed by atoms with Crippen LogP contribution in [0.4, 0.5) is 0 Å². The van der Waals surface area contributed by atoms with Gasteiger partial charge in [0.1, 0.15) is 5.75 Å². The fourth-order valence-electron chi connectivity index (χ4n) is 3.69. The molecule has 1 aliphatic rings. The summed E-state index contributed by atoms with van der Waals surface area (Å²) in [6.07, 6.45) is 1.02. The van der Waals surface area contributed by atoms with Crippen LogP contribution in [-0.4, -0.2) is 33.5 Å². The predicted molar refractivity (Wildman–Crippen MR) is 115 cm³/mol. The van der Waals surface area contributed by atoms with Crippen LogP contribution in [0.5, 0.6) is 5.75 Å². The van der Waals surface area contributed by atoms with E-state index in [1.807, 2.05) is 32.0 Å². The number of rotatable bonds is 3. The van der Waals surface area contributed by atoms with Gasteiger partial charge in [-0.15, -0.1) is 0 Å². The summed E-state index contributed by atoms with van der Waals surface area (Å²) in [5.41, 5.74) is 8.86. The molecule has 2 heterocycles. The van der Waals surface area contributed by atoms with Crippen LogP contribution in [0.25, 0.3) is 10.8 Å². The first-order valence-electron chi connectivity index (χ1n) is 9.98. The number of nitrogens with two attached hydrogens (primary N) is 1. The third kappa shape index (κ3) is 4.32. The highest BCUT2D eigenvalue weighted by atomic mass is 16.3. The number of hydrogen-bond donors (Lipinski definition) is 3. The number of benzene rings is 2. The molecule has 4 rings (SSSR count). The number of aromatic amines is 1. The molecular weight excluding hydrogens is 366 g/mol. The van der Waals surface area contributed by atoms with E-state index in [1.54, 1.807) is 35.2 Å². The van der Waals surface area contributed by atoms with Gasteiger partial charge in [0, 0.05) is 30.6 Å². The monoisotopic (exact) mass is 393 g/mol. The normalized spacial score (nSPS) is 14.0. The van der Waals surface area contributed by atoms with Crippen molar-refractivity contribution in [3.8, 4) is 5.75 Å². The quantitative estimate of drug-likeness (QED) is 0.637. The number of phenols is 1.